The van der Waals surface area contributed by atoms with Crippen LogP contribution in [0.1, 0.15) is 64.7 Å². The lowest BCUT2D eigenvalue weighted by atomic mass is 9.84. The van der Waals surface area contributed by atoms with Gasteiger partial charge >= 0.3 is 0 Å². The van der Waals surface area contributed by atoms with Crippen LogP contribution in [-0.4, -0.2) is 36.5 Å². The van der Waals surface area contributed by atoms with Gasteiger partial charge in [-0.1, -0.05) is 13.3 Å². The molecule has 3 nitrogen and oxygen atoms in total. The summed E-state index contributed by atoms with van der Waals surface area (Å²) in [6.45, 7) is 3.42. The lowest BCUT2D eigenvalue weighted by Gasteiger charge is -2.34. The first-order chi connectivity index (χ1) is 9.20. The Balaban J connectivity index is 1.69. The third kappa shape index (κ3) is 4.20. The predicted molar refractivity (Wildman–Crippen MR) is 79.1 cm³/mol. The highest BCUT2D eigenvalue weighted by atomic mass is 16.2. The molecule has 2 rings (SSSR count). The maximum Gasteiger partial charge on any atom is 0.222 e. The fourth-order valence-corrected chi connectivity index (χ4v) is 3.62. The number of amides is 1. The lowest BCUT2D eigenvalue weighted by Crippen LogP contribution is -2.40. The van der Waals surface area contributed by atoms with Crippen LogP contribution in [0.2, 0.25) is 0 Å². The van der Waals surface area contributed by atoms with Crippen molar-refractivity contribution in [3.63, 3.8) is 0 Å². The molecule has 1 unspecified atom stereocenters. The van der Waals surface area contributed by atoms with E-state index in [1.165, 1.54) is 44.9 Å². The molecule has 110 valence electrons. The molecule has 3 heteroatoms. The molecule has 0 radical (unpaired) electrons. The highest BCUT2D eigenvalue weighted by Crippen LogP contribution is 2.29. The van der Waals surface area contributed by atoms with E-state index in [0.29, 0.717) is 18.0 Å². The quantitative estimate of drug-likeness (QED) is 0.830. The van der Waals surface area contributed by atoms with Gasteiger partial charge in [0.05, 0.1) is 0 Å². The Kier molecular flexibility index (Phi) is 5.68. The summed E-state index contributed by atoms with van der Waals surface area (Å²) in [7, 11) is 2.02. The molecule has 2 fully saturated rings. The summed E-state index contributed by atoms with van der Waals surface area (Å²) >= 11 is 0. The van der Waals surface area contributed by atoms with Crippen LogP contribution in [0.15, 0.2) is 0 Å². The topological polar surface area (TPSA) is 32.3 Å². The Hall–Kier alpha value is -0.570. The monoisotopic (exact) mass is 266 g/mol. The van der Waals surface area contributed by atoms with Gasteiger partial charge in [0.15, 0.2) is 0 Å². The molecule has 1 aliphatic carbocycles. The van der Waals surface area contributed by atoms with Gasteiger partial charge in [-0.25, -0.2) is 0 Å². The minimum atomic E-state index is 0.355. The van der Waals surface area contributed by atoms with Crippen molar-refractivity contribution in [2.24, 2.45) is 5.92 Å². The van der Waals surface area contributed by atoms with Gasteiger partial charge in [0, 0.05) is 25.6 Å². The fraction of sp³-hybridized carbons (Fsp3) is 0.938. The number of carbonyl (C=O) groups is 1. The van der Waals surface area contributed by atoms with Gasteiger partial charge in [-0.05, 0) is 57.4 Å². The first-order valence-electron chi connectivity index (χ1n) is 8.19. The number of nitrogens with one attached hydrogen (secondary N) is 1. The van der Waals surface area contributed by atoms with Crippen LogP contribution in [0.25, 0.3) is 0 Å². The summed E-state index contributed by atoms with van der Waals surface area (Å²) in [5, 5.41) is 3.47. The molecule has 1 atom stereocenters. The minimum Gasteiger partial charge on any atom is -0.343 e. The Labute approximate surface area is 118 Å². The van der Waals surface area contributed by atoms with Crippen molar-refractivity contribution < 1.29 is 4.79 Å². The van der Waals surface area contributed by atoms with Gasteiger partial charge < -0.3 is 10.2 Å². The molecule has 0 bridgehead atoms. The normalized spacial score (nSPS) is 31.4. The average Bonchev–Trinajstić information content (AvgIpc) is 2.97. The van der Waals surface area contributed by atoms with Gasteiger partial charge in [-0.3, -0.25) is 4.79 Å². The van der Waals surface area contributed by atoms with E-state index >= 15 is 0 Å². The minimum absolute atomic E-state index is 0.355. The molecule has 0 spiro atoms. The van der Waals surface area contributed by atoms with E-state index < -0.39 is 0 Å². The average molecular weight is 266 g/mol. The molecule has 1 heterocycles. The SMILES string of the molecule is CCC1CCC(N(C)C(=O)CCC2CCCN2)CC1. The Morgan fingerprint density at radius 3 is 2.53 bits per heavy atom. The predicted octanol–water partition coefficient (Wildman–Crippen LogP) is 2.95. The van der Waals surface area contributed by atoms with E-state index in [4.69, 9.17) is 0 Å². The third-order valence-corrected chi connectivity index (χ3v) is 5.20. The van der Waals surface area contributed by atoms with Gasteiger partial charge in [0.25, 0.3) is 0 Å². The van der Waals surface area contributed by atoms with Crippen LogP contribution in [0.5, 0.6) is 0 Å². The van der Waals surface area contributed by atoms with Crippen LogP contribution in [0.3, 0.4) is 0 Å². The molecule has 1 saturated heterocycles. The Morgan fingerprint density at radius 1 is 1.21 bits per heavy atom. The van der Waals surface area contributed by atoms with Crippen LogP contribution in [0, 0.1) is 5.92 Å². The molecular formula is C16H30N2O. The summed E-state index contributed by atoms with van der Waals surface area (Å²) in [6.07, 6.45) is 10.6. The van der Waals surface area contributed by atoms with E-state index in [1.54, 1.807) is 0 Å². The van der Waals surface area contributed by atoms with Gasteiger partial charge in [0.2, 0.25) is 5.91 Å². The van der Waals surface area contributed by atoms with E-state index in [0.717, 1.165) is 25.3 Å². The fourth-order valence-electron chi connectivity index (χ4n) is 3.62. The standard InChI is InChI=1S/C16H30N2O/c1-3-13-6-9-15(10-7-13)18(2)16(19)11-8-14-5-4-12-17-14/h13-15,17H,3-12H2,1-2H3. The maximum absolute atomic E-state index is 12.2. The molecule has 1 saturated carbocycles. The van der Waals surface area contributed by atoms with Gasteiger partial charge in [-0.2, -0.15) is 0 Å². The Morgan fingerprint density at radius 2 is 1.95 bits per heavy atom. The molecular weight excluding hydrogens is 236 g/mol. The highest BCUT2D eigenvalue weighted by Gasteiger charge is 2.26. The zero-order chi connectivity index (χ0) is 13.7. The number of hydrogen-bond donors (Lipinski definition) is 1. The molecule has 1 amide bonds. The number of carbonyl (C=O) groups excluding carboxylic acids is 1. The van der Waals surface area contributed by atoms with Crippen LogP contribution >= 0.6 is 0 Å². The zero-order valence-corrected chi connectivity index (χ0v) is 12.7. The van der Waals surface area contributed by atoms with E-state index in [2.05, 4.69) is 12.2 Å². The third-order valence-electron chi connectivity index (χ3n) is 5.20. The molecule has 0 aromatic heterocycles. The summed E-state index contributed by atoms with van der Waals surface area (Å²) < 4.78 is 0. The van der Waals surface area contributed by atoms with Crippen molar-refractivity contribution in [1.29, 1.82) is 0 Å². The maximum atomic E-state index is 12.2. The Bertz CT molecular complexity index is 278. The molecule has 0 aromatic carbocycles. The molecule has 0 aromatic rings. The van der Waals surface area contributed by atoms with Crippen LogP contribution < -0.4 is 5.32 Å². The molecule has 2 aliphatic rings. The van der Waals surface area contributed by atoms with E-state index in [9.17, 15) is 4.79 Å². The van der Waals surface area contributed by atoms with E-state index in [1.807, 2.05) is 11.9 Å². The van der Waals surface area contributed by atoms with Crippen LogP contribution in [0.4, 0.5) is 0 Å². The first kappa shape index (κ1) is 14.8. The van der Waals surface area contributed by atoms with Crippen molar-refractivity contribution in [1.82, 2.24) is 10.2 Å². The van der Waals surface area contributed by atoms with Crippen molar-refractivity contribution in [2.45, 2.75) is 76.8 Å². The van der Waals surface area contributed by atoms with Crippen LogP contribution in [-0.2, 0) is 4.79 Å². The highest BCUT2D eigenvalue weighted by molar-refractivity contribution is 5.76. The number of rotatable bonds is 5. The number of hydrogen-bond acceptors (Lipinski definition) is 2. The zero-order valence-electron chi connectivity index (χ0n) is 12.7. The van der Waals surface area contributed by atoms with Crippen molar-refractivity contribution in [3.8, 4) is 0 Å². The van der Waals surface area contributed by atoms with E-state index in [-0.39, 0.29) is 0 Å². The molecule has 19 heavy (non-hydrogen) atoms. The molecule has 1 N–H and O–H groups in total. The molecule has 1 aliphatic heterocycles. The van der Waals surface area contributed by atoms with Crippen molar-refractivity contribution in [3.05, 3.63) is 0 Å². The largest absolute Gasteiger partial charge is 0.343 e. The van der Waals surface area contributed by atoms with Crippen molar-refractivity contribution >= 4 is 5.91 Å². The second-order valence-corrected chi connectivity index (χ2v) is 6.42. The summed E-state index contributed by atoms with van der Waals surface area (Å²) in [4.78, 5) is 14.3. The lowest BCUT2D eigenvalue weighted by molar-refractivity contribution is -0.132. The summed E-state index contributed by atoms with van der Waals surface area (Å²) in [6, 6.07) is 1.10. The summed E-state index contributed by atoms with van der Waals surface area (Å²) in [5.74, 6) is 1.26. The summed E-state index contributed by atoms with van der Waals surface area (Å²) in [5.41, 5.74) is 0. The smallest absolute Gasteiger partial charge is 0.222 e. The first-order valence-corrected chi connectivity index (χ1v) is 8.19. The second-order valence-electron chi connectivity index (χ2n) is 6.42. The van der Waals surface area contributed by atoms with Crippen molar-refractivity contribution in [2.75, 3.05) is 13.6 Å². The van der Waals surface area contributed by atoms with Gasteiger partial charge in [-0.15, -0.1) is 0 Å². The van der Waals surface area contributed by atoms with Gasteiger partial charge in [0.1, 0.15) is 0 Å². The second kappa shape index (κ2) is 7.28. The number of nitrogens with zero attached hydrogens (tertiary/aromatic N) is 1.